The van der Waals surface area contributed by atoms with Gasteiger partial charge in [-0.05, 0) is 25.7 Å². The lowest BCUT2D eigenvalue weighted by Gasteiger charge is -2.29. The van der Waals surface area contributed by atoms with E-state index in [0.29, 0.717) is 17.3 Å². The number of hydrogen-bond donors (Lipinski definition) is 2. The van der Waals surface area contributed by atoms with Gasteiger partial charge in [0.25, 0.3) is 5.91 Å². The van der Waals surface area contributed by atoms with Gasteiger partial charge in [0.1, 0.15) is 4.88 Å². The summed E-state index contributed by atoms with van der Waals surface area (Å²) in [4.78, 5) is 16.9. The van der Waals surface area contributed by atoms with Crippen LogP contribution in [0.5, 0.6) is 0 Å². The summed E-state index contributed by atoms with van der Waals surface area (Å²) in [5.74, 6) is 0.517. The van der Waals surface area contributed by atoms with Crippen molar-refractivity contribution in [3.05, 3.63) is 16.1 Å². The van der Waals surface area contributed by atoms with E-state index in [2.05, 4.69) is 10.3 Å². The van der Waals surface area contributed by atoms with Gasteiger partial charge >= 0.3 is 0 Å². The third-order valence-corrected chi connectivity index (χ3v) is 4.55. The molecule has 1 unspecified atom stereocenters. The zero-order valence-corrected chi connectivity index (χ0v) is 12.9. The van der Waals surface area contributed by atoms with Crippen LogP contribution in [0.25, 0.3) is 0 Å². The number of carbonyl (C=O) groups is 1. The van der Waals surface area contributed by atoms with E-state index in [1.807, 2.05) is 6.92 Å². The lowest BCUT2D eigenvalue weighted by molar-refractivity contribution is 0.0919. The Bertz CT molecular complexity index is 404. The molecule has 4 nitrogen and oxygen atoms in total. The van der Waals surface area contributed by atoms with Crippen LogP contribution in [0.3, 0.4) is 0 Å². The summed E-state index contributed by atoms with van der Waals surface area (Å²) in [5.41, 5.74) is 5.81. The number of nitrogens with zero attached hydrogens (tertiary/aromatic N) is 1. The number of hydrogen-bond acceptors (Lipinski definition) is 4. The molecule has 0 radical (unpaired) electrons. The van der Waals surface area contributed by atoms with E-state index in [9.17, 15) is 4.79 Å². The molecule has 108 valence electrons. The highest BCUT2D eigenvalue weighted by Gasteiger charge is 2.24. The molecule has 3 N–H and O–H groups in total. The van der Waals surface area contributed by atoms with Crippen LogP contribution >= 0.6 is 23.7 Å². The molecule has 0 spiro atoms. The van der Waals surface area contributed by atoms with Crippen molar-refractivity contribution in [3.63, 3.8) is 0 Å². The Balaban J connectivity index is 0.00000180. The molecule has 1 saturated carbocycles. The number of carbonyl (C=O) groups excluding carboxylic acids is 1. The first kappa shape index (κ1) is 16.4. The minimum absolute atomic E-state index is 0. The minimum atomic E-state index is -0.0263. The number of rotatable bonds is 4. The lowest BCUT2D eigenvalue weighted by atomic mass is 9.84. The van der Waals surface area contributed by atoms with E-state index in [-0.39, 0.29) is 24.4 Å². The summed E-state index contributed by atoms with van der Waals surface area (Å²) >= 11 is 1.43. The second-order valence-corrected chi connectivity index (χ2v) is 6.19. The molecule has 1 aliphatic rings. The van der Waals surface area contributed by atoms with Gasteiger partial charge < -0.3 is 11.1 Å². The normalized spacial score (nSPS) is 17.6. The van der Waals surface area contributed by atoms with Crippen LogP contribution in [0.15, 0.2) is 6.20 Å². The largest absolute Gasteiger partial charge is 0.347 e. The highest BCUT2D eigenvalue weighted by atomic mass is 35.5. The maximum Gasteiger partial charge on any atom is 0.263 e. The van der Waals surface area contributed by atoms with Crippen molar-refractivity contribution in [1.29, 1.82) is 0 Å². The fraction of sp³-hybridized carbons (Fsp3) is 0.692. The van der Waals surface area contributed by atoms with Gasteiger partial charge in [0.15, 0.2) is 0 Å². The van der Waals surface area contributed by atoms with Crippen LogP contribution in [0.2, 0.25) is 0 Å². The van der Waals surface area contributed by atoms with E-state index in [4.69, 9.17) is 5.73 Å². The number of amides is 1. The van der Waals surface area contributed by atoms with Crippen molar-refractivity contribution >= 4 is 29.7 Å². The number of nitrogens with two attached hydrogens (primary N) is 1. The van der Waals surface area contributed by atoms with Crippen LogP contribution in [0.1, 0.15) is 46.8 Å². The molecule has 1 amide bonds. The average molecular weight is 304 g/mol. The second-order valence-electron chi connectivity index (χ2n) is 4.96. The molecule has 1 aliphatic carbocycles. The van der Waals surface area contributed by atoms with Crippen LogP contribution in [-0.4, -0.2) is 23.5 Å². The first-order valence-corrected chi connectivity index (χ1v) is 7.45. The summed E-state index contributed by atoms with van der Waals surface area (Å²) < 4.78 is 0. The predicted molar refractivity (Wildman–Crippen MR) is 81.0 cm³/mol. The third kappa shape index (κ3) is 4.44. The molecular weight excluding hydrogens is 282 g/mol. The Morgan fingerprint density at radius 2 is 2.21 bits per heavy atom. The van der Waals surface area contributed by atoms with Gasteiger partial charge in [-0.15, -0.1) is 23.7 Å². The quantitative estimate of drug-likeness (QED) is 0.898. The van der Waals surface area contributed by atoms with Gasteiger partial charge in [-0.2, -0.15) is 0 Å². The van der Waals surface area contributed by atoms with E-state index in [0.717, 1.165) is 5.01 Å². The summed E-state index contributed by atoms with van der Waals surface area (Å²) in [6.45, 7) is 2.43. The number of nitrogens with one attached hydrogen (secondary N) is 1. The predicted octanol–water partition coefficient (Wildman–Crippen LogP) is 2.51. The fourth-order valence-corrected chi connectivity index (χ4v) is 3.29. The molecule has 1 atom stereocenters. The minimum Gasteiger partial charge on any atom is -0.347 e. The van der Waals surface area contributed by atoms with E-state index in [1.165, 1.54) is 43.4 Å². The molecule has 0 saturated heterocycles. The summed E-state index contributed by atoms with van der Waals surface area (Å²) in [6, 6.07) is 0.111. The topological polar surface area (TPSA) is 68.0 Å². The average Bonchev–Trinajstić information content (AvgIpc) is 2.83. The van der Waals surface area contributed by atoms with E-state index < -0.39 is 0 Å². The Kier molecular flexibility index (Phi) is 6.75. The van der Waals surface area contributed by atoms with Gasteiger partial charge in [0.2, 0.25) is 0 Å². The van der Waals surface area contributed by atoms with Gasteiger partial charge in [0, 0.05) is 12.6 Å². The summed E-state index contributed by atoms with van der Waals surface area (Å²) in [5, 5.41) is 3.99. The Morgan fingerprint density at radius 1 is 1.53 bits per heavy atom. The number of aryl methyl sites for hydroxylation is 1. The maximum atomic E-state index is 12.1. The molecule has 1 fully saturated rings. The zero-order valence-electron chi connectivity index (χ0n) is 11.2. The SMILES string of the molecule is Cc1ncc(C(=O)NC(CN)C2CCCCC2)s1.Cl. The number of thiazole rings is 1. The maximum absolute atomic E-state index is 12.1. The van der Waals surface area contributed by atoms with Crippen LogP contribution in [0.4, 0.5) is 0 Å². The van der Waals surface area contributed by atoms with Crippen LogP contribution < -0.4 is 11.1 Å². The first-order valence-electron chi connectivity index (χ1n) is 6.64. The smallest absolute Gasteiger partial charge is 0.263 e. The van der Waals surface area contributed by atoms with Gasteiger partial charge in [-0.1, -0.05) is 19.3 Å². The van der Waals surface area contributed by atoms with Gasteiger partial charge in [-0.25, -0.2) is 4.98 Å². The zero-order chi connectivity index (χ0) is 13.0. The van der Waals surface area contributed by atoms with Crippen molar-refractivity contribution in [3.8, 4) is 0 Å². The summed E-state index contributed by atoms with van der Waals surface area (Å²) in [7, 11) is 0. The molecular formula is C13H22ClN3OS. The molecule has 2 rings (SSSR count). The number of aromatic nitrogens is 1. The highest BCUT2D eigenvalue weighted by molar-refractivity contribution is 7.13. The third-order valence-electron chi connectivity index (χ3n) is 3.63. The Labute approximate surface area is 124 Å². The molecule has 0 aromatic carbocycles. The molecule has 1 aromatic heterocycles. The molecule has 0 bridgehead atoms. The van der Waals surface area contributed by atoms with Crippen molar-refractivity contribution in [2.75, 3.05) is 6.54 Å². The monoisotopic (exact) mass is 303 g/mol. The molecule has 0 aliphatic heterocycles. The lowest BCUT2D eigenvalue weighted by Crippen LogP contribution is -2.45. The highest BCUT2D eigenvalue weighted by Crippen LogP contribution is 2.26. The number of halogens is 1. The van der Waals surface area contributed by atoms with Crippen LogP contribution in [-0.2, 0) is 0 Å². The molecule has 1 aromatic rings. The van der Waals surface area contributed by atoms with Gasteiger partial charge in [0.05, 0.1) is 11.2 Å². The van der Waals surface area contributed by atoms with E-state index in [1.54, 1.807) is 6.20 Å². The summed E-state index contributed by atoms with van der Waals surface area (Å²) in [6.07, 6.45) is 7.85. The fourth-order valence-electron chi connectivity index (χ4n) is 2.61. The second kappa shape index (κ2) is 7.82. The van der Waals surface area contributed by atoms with Crippen molar-refractivity contribution in [1.82, 2.24) is 10.3 Å². The first-order chi connectivity index (χ1) is 8.70. The Hall–Kier alpha value is -0.650. The van der Waals surface area contributed by atoms with Crippen molar-refractivity contribution in [2.45, 2.75) is 45.1 Å². The molecule has 6 heteroatoms. The van der Waals surface area contributed by atoms with Crippen LogP contribution in [0, 0.1) is 12.8 Å². The van der Waals surface area contributed by atoms with E-state index >= 15 is 0 Å². The molecule has 19 heavy (non-hydrogen) atoms. The molecule has 1 heterocycles. The van der Waals surface area contributed by atoms with Crippen molar-refractivity contribution in [2.24, 2.45) is 11.7 Å². The van der Waals surface area contributed by atoms with Crippen molar-refractivity contribution < 1.29 is 4.79 Å². The Morgan fingerprint density at radius 3 is 2.74 bits per heavy atom. The van der Waals surface area contributed by atoms with Gasteiger partial charge in [-0.3, -0.25) is 4.79 Å². The standard InChI is InChI=1S/C13H21N3OS.ClH/c1-9-15-8-12(18-9)13(17)16-11(7-14)10-5-3-2-4-6-10;/h8,10-11H,2-7,14H2,1H3,(H,16,17);1H.